The van der Waals surface area contributed by atoms with Gasteiger partial charge in [0, 0.05) is 24.5 Å². The Bertz CT molecular complexity index is 297. The molecule has 0 saturated heterocycles. The lowest BCUT2D eigenvalue weighted by Crippen LogP contribution is -2.29. The second-order valence-corrected chi connectivity index (χ2v) is 4.78. The van der Waals surface area contributed by atoms with Gasteiger partial charge >= 0.3 is 0 Å². The van der Waals surface area contributed by atoms with Crippen LogP contribution in [0.4, 0.5) is 0 Å². The van der Waals surface area contributed by atoms with Crippen molar-refractivity contribution < 1.29 is 0 Å². The number of rotatable bonds is 3. The lowest BCUT2D eigenvalue weighted by atomic mass is 10.1. The molecule has 1 N–H and O–H groups in total. The van der Waals surface area contributed by atoms with Gasteiger partial charge in [0.25, 0.3) is 0 Å². The van der Waals surface area contributed by atoms with Gasteiger partial charge in [-0.3, -0.25) is 4.98 Å². The van der Waals surface area contributed by atoms with Crippen LogP contribution in [0.3, 0.4) is 0 Å². The lowest BCUT2D eigenvalue weighted by Gasteiger charge is -2.19. The van der Waals surface area contributed by atoms with Crippen LogP contribution in [0.15, 0.2) is 24.5 Å². The molecule has 82 valence electrons. The second kappa shape index (κ2) is 4.75. The van der Waals surface area contributed by atoms with E-state index in [2.05, 4.69) is 36.3 Å². The standard InChI is InChI=1S/C13H20N2/c1-10-3-4-13(9-10)15-11(2)12-5-7-14-8-6-12/h5-8,10-11,13,15H,3-4,9H2,1-2H3/t10-,11+,13-/m1/s1. The molecular weight excluding hydrogens is 184 g/mol. The van der Waals surface area contributed by atoms with Crippen molar-refractivity contribution >= 4 is 0 Å². The van der Waals surface area contributed by atoms with Gasteiger partial charge < -0.3 is 5.32 Å². The normalized spacial score (nSPS) is 27.9. The Kier molecular flexibility index (Phi) is 3.37. The molecule has 1 heterocycles. The molecule has 0 spiro atoms. The van der Waals surface area contributed by atoms with Crippen LogP contribution in [0.2, 0.25) is 0 Å². The monoisotopic (exact) mass is 204 g/mol. The fraction of sp³-hybridized carbons (Fsp3) is 0.615. The molecule has 0 amide bonds. The van der Waals surface area contributed by atoms with Crippen molar-refractivity contribution in [2.24, 2.45) is 5.92 Å². The van der Waals surface area contributed by atoms with E-state index in [9.17, 15) is 0 Å². The quantitative estimate of drug-likeness (QED) is 0.819. The summed E-state index contributed by atoms with van der Waals surface area (Å²) in [6.07, 6.45) is 7.77. The van der Waals surface area contributed by atoms with Gasteiger partial charge in [-0.15, -0.1) is 0 Å². The van der Waals surface area contributed by atoms with Gasteiger partial charge in [0.05, 0.1) is 0 Å². The number of hydrogen-bond donors (Lipinski definition) is 1. The molecule has 1 aliphatic rings. The summed E-state index contributed by atoms with van der Waals surface area (Å²) in [4.78, 5) is 4.04. The van der Waals surface area contributed by atoms with Crippen LogP contribution in [0.1, 0.15) is 44.7 Å². The van der Waals surface area contributed by atoms with Gasteiger partial charge in [0.2, 0.25) is 0 Å². The molecule has 1 aliphatic carbocycles. The van der Waals surface area contributed by atoms with Crippen molar-refractivity contribution in [2.75, 3.05) is 0 Å². The number of hydrogen-bond acceptors (Lipinski definition) is 2. The first-order valence-electron chi connectivity index (χ1n) is 5.91. The molecule has 2 rings (SSSR count). The highest BCUT2D eigenvalue weighted by atomic mass is 14.9. The molecule has 0 radical (unpaired) electrons. The fourth-order valence-corrected chi connectivity index (χ4v) is 2.46. The van der Waals surface area contributed by atoms with Crippen LogP contribution in [0.5, 0.6) is 0 Å². The molecule has 1 fully saturated rings. The predicted octanol–water partition coefficient (Wildman–Crippen LogP) is 2.92. The molecule has 3 atom stereocenters. The minimum atomic E-state index is 0.447. The van der Waals surface area contributed by atoms with Gasteiger partial charge in [-0.2, -0.15) is 0 Å². The van der Waals surface area contributed by atoms with E-state index in [1.54, 1.807) is 0 Å². The molecule has 1 aromatic heterocycles. The first-order valence-corrected chi connectivity index (χ1v) is 5.91. The van der Waals surface area contributed by atoms with Crippen LogP contribution in [-0.4, -0.2) is 11.0 Å². The van der Waals surface area contributed by atoms with E-state index in [0.29, 0.717) is 12.1 Å². The zero-order valence-electron chi connectivity index (χ0n) is 9.61. The van der Waals surface area contributed by atoms with Crippen LogP contribution < -0.4 is 5.32 Å². The highest BCUT2D eigenvalue weighted by molar-refractivity contribution is 5.14. The molecular formula is C13H20N2. The highest BCUT2D eigenvalue weighted by Crippen LogP contribution is 2.26. The number of nitrogens with one attached hydrogen (secondary N) is 1. The number of pyridine rings is 1. The van der Waals surface area contributed by atoms with E-state index in [-0.39, 0.29) is 0 Å². The van der Waals surface area contributed by atoms with Crippen molar-refractivity contribution in [1.82, 2.24) is 10.3 Å². The maximum atomic E-state index is 4.04. The summed E-state index contributed by atoms with van der Waals surface area (Å²) in [6.45, 7) is 4.58. The first-order chi connectivity index (χ1) is 7.25. The van der Waals surface area contributed by atoms with Crippen molar-refractivity contribution in [2.45, 2.75) is 45.2 Å². The molecule has 2 nitrogen and oxygen atoms in total. The van der Waals surface area contributed by atoms with Gasteiger partial charge in [0.15, 0.2) is 0 Å². The molecule has 1 saturated carbocycles. The Morgan fingerprint density at radius 2 is 2.07 bits per heavy atom. The van der Waals surface area contributed by atoms with E-state index in [1.807, 2.05) is 12.4 Å². The maximum Gasteiger partial charge on any atom is 0.0295 e. The molecule has 0 unspecified atom stereocenters. The summed E-state index contributed by atoms with van der Waals surface area (Å²) in [5.74, 6) is 0.896. The van der Waals surface area contributed by atoms with Crippen LogP contribution in [-0.2, 0) is 0 Å². The smallest absolute Gasteiger partial charge is 0.0295 e. The molecule has 1 aromatic rings. The maximum absolute atomic E-state index is 4.04. The lowest BCUT2D eigenvalue weighted by molar-refractivity contribution is 0.449. The zero-order valence-corrected chi connectivity index (χ0v) is 9.61. The Labute approximate surface area is 92.1 Å². The van der Waals surface area contributed by atoms with E-state index in [0.717, 1.165) is 5.92 Å². The van der Waals surface area contributed by atoms with Gasteiger partial charge in [0.1, 0.15) is 0 Å². The third kappa shape index (κ3) is 2.78. The molecule has 0 aliphatic heterocycles. The molecule has 2 heteroatoms. The van der Waals surface area contributed by atoms with Crippen molar-refractivity contribution in [1.29, 1.82) is 0 Å². The van der Waals surface area contributed by atoms with Gasteiger partial charge in [-0.1, -0.05) is 6.92 Å². The predicted molar refractivity (Wildman–Crippen MR) is 62.6 cm³/mol. The number of aromatic nitrogens is 1. The topological polar surface area (TPSA) is 24.9 Å². The van der Waals surface area contributed by atoms with E-state index in [4.69, 9.17) is 0 Å². The average Bonchev–Trinajstić information content (AvgIpc) is 2.65. The average molecular weight is 204 g/mol. The van der Waals surface area contributed by atoms with Crippen LogP contribution >= 0.6 is 0 Å². The largest absolute Gasteiger partial charge is 0.307 e. The minimum absolute atomic E-state index is 0.447. The SMILES string of the molecule is C[C@@H]1CC[C@@H](N[C@@H](C)c2ccncc2)C1. The van der Waals surface area contributed by atoms with E-state index in [1.165, 1.54) is 24.8 Å². The Morgan fingerprint density at radius 3 is 2.67 bits per heavy atom. The minimum Gasteiger partial charge on any atom is -0.307 e. The van der Waals surface area contributed by atoms with E-state index >= 15 is 0 Å². The van der Waals surface area contributed by atoms with Crippen molar-refractivity contribution in [3.8, 4) is 0 Å². The zero-order chi connectivity index (χ0) is 10.7. The highest BCUT2D eigenvalue weighted by Gasteiger charge is 2.22. The second-order valence-electron chi connectivity index (χ2n) is 4.78. The molecule has 0 aromatic carbocycles. The van der Waals surface area contributed by atoms with Crippen LogP contribution in [0, 0.1) is 5.92 Å². The summed E-state index contributed by atoms with van der Waals surface area (Å²) in [7, 11) is 0. The molecule has 0 bridgehead atoms. The first kappa shape index (κ1) is 10.6. The summed E-state index contributed by atoms with van der Waals surface area (Å²) in [5, 5.41) is 3.70. The third-order valence-corrected chi connectivity index (χ3v) is 3.39. The summed E-state index contributed by atoms with van der Waals surface area (Å²) in [6, 6.07) is 5.35. The van der Waals surface area contributed by atoms with E-state index < -0.39 is 0 Å². The third-order valence-electron chi connectivity index (χ3n) is 3.39. The fourth-order valence-electron chi connectivity index (χ4n) is 2.46. The van der Waals surface area contributed by atoms with Crippen LogP contribution in [0.25, 0.3) is 0 Å². The Morgan fingerprint density at radius 1 is 1.33 bits per heavy atom. The van der Waals surface area contributed by atoms with Gasteiger partial charge in [-0.25, -0.2) is 0 Å². The van der Waals surface area contributed by atoms with Crippen molar-refractivity contribution in [3.63, 3.8) is 0 Å². The summed E-state index contributed by atoms with van der Waals surface area (Å²) < 4.78 is 0. The van der Waals surface area contributed by atoms with Crippen molar-refractivity contribution in [3.05, 3.63) is 30.1 Å². The Hall–Kier alpha value is -0.890. The Balaban J connectivity index is 1.90. The molecule has 15 heavy (non-hydrogen) atoms. The summed E-state index contributed by atoms with van der Waals surface area (Å²) >= 11 is 0. The number of nitrogens with zero attached hydrogens (tertiary/aromatic N) is 1. The van der Waals surface area contributed by atoms with Gasteiger partial charge in [-0.05, 0) is 49.8 Å². The summed E-state index contributed by atoms with van der Waals surface area (Å²) in [5.41, 5.74) is 1.34.